The summed E-state index contributed by atoms with van der Waals surface area (Å²) in [5.74, 6) is 0. The average molecular weight is 223 g/mol. The van der Waals surface area contributed by atoms with E-state index >= 15 is 0 Å². The van der Waals surface area contributed by atoms with Gasteiger partial charge in [0, 0.05) is 35.9 Å². The summed E-state index contributed by atoms with van der Waals surface area (Å²) < 4.78 is 0. The first-order valence-electron chi connectivity index (χ1n) is 5.54. The lowest BCUT2D eigenvalue weighted by Crippen LogP contribution is -2.54. The van der Waals surface area contributed by atoms with Crippen LogP contribution in [0.5, 0.6) is 0 Å². The van der Waals surface area contributed by atoms with Gasteiger partial charge >= 0.3 is 0 Å². The number of hydrogen-bond acceptors (Lipinski definition) is 2. The summed E-state index contributed by atoms with van der Waals surface area (Å²) in [6.45, 7) is 4.42. The molecule has 0 radical (unpaired) electrons. The number of piperazine rings is 1. The van der Waals surface area contributed by atoms with E-state index in [0.717, 1.165) is 24.5 Å². The Hall–Kier alpha value is -0.730. The minimum atomic E-state index is 0.573. The number of fused-ring (bicyclic) bond motifs is 3. The molecule has 0 saturated carbocycles. The molecule has 3 rings (SSSR count). The van der Waals surface area contributed by atoms with Gasteiger partial charge in [0.15, 0.2) is 0 Å². The van der Waals surface area contributed by atoms with E-state index < -0.39 is 0 Å². The van der Waals surface area contributed by atoms with Gasteiger partial charge in [0.05, 0.1) is 0 Å². The van der Waals surface area contributed by atoms with Gasteiger partial charge in [0.1, 0.15) is 0 Å². The van der Waals surface area contributed by atoms with Gasteiger partial charge in [-0.25, -0.2) is 0 Å². The van der Waals surface area contributed by atoms with E-state index in [9.17, 15) is 0 Å². The molecule has 1 aromatic carbocycles. The van der Waals surface area contributed by atoms with E-state index in [1.54, 1.807) is 0 Å². The number of halogens is 1. The van der Waals surface area contributed by atoms with Gasteiger partial charge in [-0.1, -0.05) is 17.7 Å². The molecule has 1 aromatic rings. The Morgan fingerprint density at radius 2 is 2.27 bits per heavy atom. The molecule has 2 aliphatic rings. The smallest absolute Gasteiger partial charge is 0.0459 e. The van der Waals surface area contributed by atoms with E-state index in [2.05, 4.69) is 29.3 Å². The Labute approximate surface area is 95.2 Å². The summed E-state index contributed by atoms with van der Waals surface area (Å²) in [6.07, 6.45) is 1.09. The molecule has 1 saturated heterocycles. The second kappa shape index (κ2) is 3.39. The highest BCUT2D eigenvalue weighted by atomic mass is 35.5. The van der Waals surface area contributed by atoms with Crippen LogP contribution in [0.3, 0.4) is 0 Å². The first-order chi connectivity index (χ1) is 7.27. The Balaban J connectivity index is 2.07. The Bertz CT molecular complexity index is 391. The number of nitrogens with zero attached hydrogens (tertiary/aromatic N) is 1. The topological polar surface area (TPSA) is 15.3 Å². The minimum Gasteiger partial charge on any atom is -0.363 e. The van der Waals surface area contributed by atoms with Crippen LogP contribution in [0.15, 0.2) is 18.2 Å². The molecule has 0 amide bonds. The molecule has 1 fully saturated rings. The van der Waals surface area contributed by atoms with Crippen molar-refractivity contribution in [3.63, 3.8) is 0 Å². The summed E-state index contributed by atoms with van der Waals surface area (Å²) in [4.78, 5) is 2.53. The van der Waals surface area contributed by atoms with E-state index in [1.807, 2.05) is 6.07 Å². The van der Waals surface area contributed by atoms with Crippen LogP contribution in [0.4, 0.5) is 5.69 Å². The van der Waals surface area contributed by atoms with E-state index in [-0.39, 0.29) is 0 Å². The van der Waals surface area contributed by atoms with Crippen molar-refractivity contribution in [2.75, 3.05) is 18.0 Å². The summed E-state index contributed by atoms with van der Waals surface area (Å²) >= 11 is 6.24. The van der Waals surface area contributed by atoms with Crippen molar-refractivity contribution in [3.05, 3.63) is 28.8 Å². The SMILES string of the molecule is CC1CNC[C@H]2Cc3c(Cl)cccc3N12. The van der Waals surface area contributed by atoms with Crippen molar-refractivity contribution >= 4 is 17.3 Å². The van der Waals surface area contributed by atoms with E-state index in [0.29, 0.717) is 12.1 Å². The molecule has 0 aromatic heterocycles. The number of nitrogens with one attached hydrogen (secondary N) is 1. The quantitative estimate of drug-likeness (QED) is 0.723. The van der Waals surface area contributed by atoms with E-state index in [1.165, 1.54) is 11.3 Å². The van der Waals surface area contributed by atoms with Crippen molar-refractivity contribution in [2.24, 2.45) is 0 Å². The van der Waals surface area contributed by atoms with Crippen LogP contribution in [0.25, 0.3) is 0 Å². The van der Waals surface area contributed by atoms with E-state index in [4.69, 9.17) is 11.6 Å². The Morgan fingerprint density at radius 3 is 3.13 bits per heavy atom. The van der Waals surface area contributed by atoms with Crippen molar-refractivity contribution in [1.82, 2.24) is 5.32 Å². The van der Waals surface area contributed by atoms with Crippen LogP contribution in [0, 0.1) is 0 Å². The molecular weight excluding hydrogens is 208 g/mol. The molecule has 0 spiro atoms. The zero-order valence-electron chi connectivity index (χ0n) is 8.83. The van der Waals surface area contributed by atoms with Crippen molar-refractivity contribution in [2.45, 2.75) is 25.4 Å². The maximum Gasteiger partial charge on any atom is 0.0459 e. The van der Waals surface area contributed by atoms with Gasteiger partial charge < -0.3 is 10.2 Å². The fourth-order valence-electron chi connectivity index (χ4n) is 2.85. The minimum absolute atomic E-state index is 0.573. The van der Waals surface area contributed by atoms with Crippen molar-refractivity contribution in [3.8, 4) is 0 Å². The average Bonchev–Trinajstić information content (AvgIpc) is 2.59. The molecule has 2 nitrogen and oxygen atoms in total. The molecule has 0 bridgehead atoms. The lowest BCUT2D eigenvalue weighted by atomic mass is 10.1. The molecule has 2 heterocycles. The molecule has 2 atom stereocenters. The second-order valence-corrected chi connectivity index (χ2v) is 4.92. The summed E-state index contributed by atoms with van der Waals surface area (Å²) in [6, 6.07) is 7.42. The fraction of sp³-hybridized carbons (Fsp3) is 0.500. The van der Waals surface area contributed by atoms with Gasteiger partial charge in [-0.3, -0.25) is 0 Å². The lowest BCUT2D eigenvalue weighted by Gasteiger charge is -2.38. The molecule has 2 aliphatic heterocycles. The summed E-state index contributed by atoms with van der Waals surface area (Å²) in [7, 11) is 0. The van der Waals surface area contributed by atoms with Gasteiger partial charge in [0.25, 0.3) is 0 Å². The van der Waals surface area contributed by atoms with Crippen LogP contribution in [-0.2, 0) is 6.42 Å². The predicted molar refractivity (Wildman–Crippen MR) is 63.8 cm³/mol. The van der Waals surface area contributed by atoms with Crippen LogP contribution < -0.4 is 10.2 Å². The third-order valence-corrected chi connectivity index (χ3v) is 3.85. The molecule has 3 heteroatoms. The molecular formula is C12H15ClN2. The standard InChI is InChI=1S/C12H15ClN2/c1-8-6-14-7-9-5-10-11(13)3-2-4-12(10)15(8)9/h2-4,8-9,14H,5-7H2,1H3/t8?,9-/m1/s1. The monoisotopic (exact) mass is 222 g/mol. The summed E-state index contributed by atoms with van der Waals surface area (Å²) in [5.41, 5.74) is 2.68. The Morgan fingerprint density at radius 1 is 1.40 bits per heavy atom. The van der Waals surface area contributed by atoms with Crippen molar-refractivity contribution in [1.29, 1.82) is 0 Å². The molecule has 0 aliphatic carbocycles. The molecule has 15 heavy (non-hydrogen) atoms. The normalized spacial score (nSPS) is 28.8. The fourth-order valence-corrected chi connectivity index (χ4v) is 3.09. The Kier molecular flexibility index (Phi) is 2.15. The zero-order valence-corrected chi connectivity index (χ0v) is 9.59. The third kappa shape index (κ3) is 1.35. The van der Waals surface area contributed by atoms with Crippen LogP contribution in [0.2, 0.25) is 5.02 Å². The van der Waals surface area contributed by atoms with Crippen LogP contribution in [0.1, 0.15) is 12.5 Å². The number of benzene rings is 1. The van der Waals surface area contributed by atoms with Gasteiger partial charge in [-0.15, -0.1) is 0 Å². The van der Waals surface area contributed by atoms with Gasteiger partial charge in [-0.2, -0.15) is 0 Å². The summed E-state index contributed by atoms with van der Waals surface area (Å²) in [5, 5.41) is 4.40. The highest BCUT2D eigenvalue weighted by molar-refractivity contribution is 6.31. The second-order valence-electron chi connectivity index (χ2n) is 4.51. The number of rotatable bonds is 0. The highest BCUT2D eigenvalue weighted by Gasteiger charge is 2.35. The molecule has 1 N–H and O–H groups in total. The molecule has 1 unspecified atom stereocenters. The number of hydrogen-bond donors (Lipinski definition) is 1. The van der Waals surface area contributed by atoms with Gasteiger partial charge in [-0.05, 0) is 31.0 Å². The number of anilines is 1. The largest absolute Gasteiger partial charge is 0.363 e. The first-order valence-corrected chi connectivity index (χ1v) is 5.91. The van der Waals surface area contributed by atoms with Crippen LogP contribution >= 0.6 is 11.6 Å². The first kappa shape index (κ1) is 9.49. The third-order valence-electron chi connectivity index (χ3n) is 3.50. The van der Waals surface area contributed by atoms with Gasteiger partial charge in [0.2, 0.25) is 0 Å². The predicted octanol–water partition coefficient (Wildman–Crippen LogP) is 2.06. The van der Waals surface area contributed by atoms with Crippen LogP contribution in [-0.4, -0.2) is 25.2 Å². The zero-order chi connectivity index (χ0) is 10.4. The maximum absolute atomic E-state index is 6.24. The lowest BCUT2D eigenvalue weighted by molar-refractivity contribution is 0.430. The van der Waals surface area contributed by atoms with Crippen molar-refractivity contribution < 1.29 is 0 Å². The molecule has 80 valence electrons. The maximum atomic E-state index is 6.24. The highest BCUT2D eigenvalue weighted by Crippen LogP contribution is 2.38.